The number of anilines is 2. The van der Waals surface area contributed by atoms with Crippen LogP contribution in [0.4, 0.5) is 15.8 Å². The Hall–Kier alpha value is -1.65. The summed E-state index contributed by atoms with van der Waals surface area (Å²) in [4.78, 5) is 0. The van der Waals surface area contributed by atoms with Gasteiger partial charge in [-0.2, -0.15) is 0 Å². The van der Waals surface area contributed by atoms with E-state index < -0.39 is 25.9 Å². The standard InChI is InChI=1S/C14H15FN2O4S3/c1-23(18,19)17(11-5-6-11)13-7-4-10(15)9-12(13)16-24(20,21)14-3-2-8-22-14/h2-4,7-9,11,16H,5-6H2,1H3. The van der Waals surface area contributed by atoms with Gasteiger partial charge in [-0.3, -0.25) is 9.03 Å². The molecule has 1 aliphatic rings. The van der Waals surface area contributed by atoms with Gasteiger partial charge in [0.15, 0.2) is 0 Å². The number of thiophene rings is 1. The highest BCUT2D eigenvalue weighted by Gasteiger charge is 2.37. The fraction of sp³-hybridized carbons (Fsp3) is 0.286. The topological polar surface area (TPSA) is 83.6 Å². The molecule has 1 heterocycles. The van der Waals surface area contributed by atoms with Crippen LogP contribution in [-0.4, -0.2) is 29.1 Å². The maximum atomic E-state index is 13.6. The van der Waals surface area contributed by atoms with Crippen LogP contribution >= 0.6 is 11.3 Å². The normalized spacial score (nSPS) is 15.2. The molecule has 1 aromatic heterocycles. The van der Waals surface area contributed by atoms with E-state index in [0.717, 1.165) is 34.0 Å². The van der Waals surface area contributed by atoms with Crippen molar-refractivity contribution in [3.8, 4) is 0 Å². The molecule has 1 aliphatic carbocycles. The van der Waals surface area contributed by atoms with Gasteiger partial charge in [-0.05, 0) is 36.4 Å². The van der Waals surface area contributed by atoms with Crippen LogP contribution in [0.15, 0.2) is 39.9 Å². The fourth-order valence-electron chi connectivity index (χ4n) is 2.35. The van der Waals surface area contributed by atoms with Gasteiger partial charge in [-0.1, -0.05) is 6.07 Å². The molecule has 0 unspecified atom stereocenters. The third-order valence-corrected chi connectivity index (χ3v) is 7.41. The molecule has 0 amide bonds. The average Bonchev–Trinajstić information content (AvgIpc) is 3.11. The van der Waals surface area contributed by atoms with Crippen molar-refractivity contribution < 1.29 is 21.2 Å². The minimum atomic E-state index is -3.91. The van der Waals surface area contributed by atoms with Crippen LogP contribution in [0.3, 0.4) is 0 Å². The van der Waals surface area contributed by atoms with Crippen molar-refractivity contribution in [1.82, 2.24) is 0 Å². The summed E-state index contributed by atoms with van der Waals surface area (Å²) >= 11 is 1.02. The van der Waals surface area contributed by atoms with E-state index in [2.05, 4.69) is 4.72 Å². The Kier molecular flexibility index (Phi) is 4.30. The highest BCUT2D eigenvalue weighted by molar-refractivity contribution is 7.94. The second kappa shape index (κ2) is 6.01. The van der Waals surface area contributed by atoms with Gasteiger partial charge in [-0.15, -0.1) is 11.3 Å². The predicted octanol–water partition coefficient (Wildman–Crippen LogP) is 2.62. The van der Waals surface area contributed by atoms with Crippen LogP contribution in [0.2, 0.25) is 0 Å². The molecule has 6 nitrogen and oxygen atoms in total. The maximum absolute atomic E-state index is 13.6. The molecule has 3 rings (SSSR count). The average molecular weight is 390 g/mol. The van der Waals surface area contributed by atoms with Crippen molar-refractivity contribution in [1.29, 1.82) is 0 Å². The lowest BCUT2D eigenvalue weighted by atomic mass is 10.2. The Morgan fingerprint density at radius 2 is 1.92 bits per heavy atom. The summed E-state index contributed by atoms with van der Waals surface area (Å²) in [5.41, 5.74) is 0.0299. The summed E-state index contributed by atoms with van der Waals surface area (Å²) in [6.45, 7) is 0. The van der Waals surface area contributed by atoms with Crippen LogP contribution in [0.25, 0.3) is 0 Å². The molecule has 0 atom stereocenters. The summed E-state index contributed by atoms with van der Waals surface area (Å²) in [5.74, 6) is -0.660. The Labute approximate surface area is 144 Å². The van der Waals surface area contributed by atoms with E-state index in [9.17, 15) is 21.2 Å². The van der Waals surface area contributed by atoms with Crippen molar-refractivity contribution in [2.24, 2.45) is 0 Å². The zero-order chi connectivity index (χ0) is 17.5. The zero-order valence-electron chi connectivity index (χ0n) is 12.6. The third-order valence-electron chi connectivity index (χ3n) is 3.44. The van der Waals surface area contributed by atoms with E-state index in [0.29, 0.717) is 12.8 Å². The lowest BCUT2D eigenvalue weighted by Gasteiger charge is -2.25. The number of rotatable bonds is 6. The van der Waals surface area contributed by atoms with E-state index in [1.807, 2.05) is 0 Å². The van der Waals surface area contributed by atoms with Crippen LogP contribution in [-0.2, 0) is 20.0 Å². The first-order chi connectivity index (χ1) is 11.2. The van der Waals surface area contributed by atoms with Gasteiger partial charge in [-0.25, -0.2) is 21.2 Å². The number of benzene rings is 1. The van der Waals surface area contributed by atoms with E-state index in [1.54, 1.807) is 11.4 Å². The highest BCUT2D eigenvalue weighted by atomic mass is 32.2. The molecule has 1 saturated carbocycles. The third kappa shape index (κ3) is 3.55. The van der Waals surface area contributed by atoms with Gasteiger partial charge in [0, 0.05) is 12.1 Å². The number of nitrogens with one attached hydrogen (secondary N) is 1. The van der Waals surface area contributed by atoms with Crippen LogP contribution in [0.5, 0.6) is 0 Å². The molecule has 24 heavy (non-hydrogen) atoms. The maximum Gasteiger partial charge on any atom is 0.271 e. The lowest BCUT2D eigenvalue weighted by molar-refractivity contribution is 0.594. The van der Waals surface area contributed by atoms with Gasteiger partial charge < -0.3 is 0 Å². The second-order valence-electron chi connectivity index (χ2n) is 5.49. The van der Waals surface area contributed by atoms with Crippen LogP contribution in [0.1, 0.15) is 12.8 Å². The Morgan fingerprint density at radius 1 is 1.21 bits per heavy atom. The van der Waals surface area contributed by atoms with E-state index in [1.165, 1.54) is 12.1 Å². The summed E-state index contributed by atoms with van der Waals surface area (Å²) in [5, 5.41) is 1.61. The van der Waals surface area contributed by atoms with Crippen molar-refractivity contribution in [2.75, 3.05) is 15.3 Å². The molecule has 0 aliphatic heterocycles. The van der Waals surface area contributed by atoms with Gasteiger partial charge in [0.25, 0.3) is 10.0 Å². The number of nitrogens with zero attached hydrogens (tertiary/aromatic N) is 1. The molecule has 130 valence electrons. The number of hydrogen-bond donors (Lipinski definition) is 1. The molecule has 0 saturated heterocycles. The SMILES string of the molecule is CS(=O)(=O)N(c1ccc(F)cc1NS(=O)(=O)c1cccs1)C1CC1. The Morgan fingerprint density at radius 3 is 2.46 bits per heavy atom. The van der Waals surface area contributed by atoms with E-state index >= 15 is 0 Å². The van der Waals surface area contributed by atoms with Gasteiger partial charge >= 0.3 is 0 Å². The molecule has 0 radical (unpaired) electrons. The van der Waals surface area contributed by atoms with Crippen LogP contribution < -0.4 is 9.03 Å². The highest BCUT2D eigenvalue weighted by Crippen LogP contribution is 2.39. The first-order valence-corrected chi connectivity index (χ1v) is 11.2. The van der Waals surface area contributed by atoms with Crippen molar-refractivity contribution in [2.45, 2.75) is 23.1 Å². The summed E-state index contributed by atoms with van der Waals surface area (Å²) in [7, 11) is -7.53. The second-order valence-corrected chi connectivity index (χ2v) is 10.2. The monoisotopic (exact) mass is 390 g/mol. The number of sulfonamides is 2. The van der Waals surface area contributed by atoms with Gasteiger partial charge in [0.05, 0.1) is 17.6 Å². The van der Waals surface area contributed by atoms with Crippen LogP contribution in [0, 0.1) is 5.82 Å². The lowest BCUT2D eigenvalue weighted by Crippen LogP contribution is -2.33. The summed E-state index contributed by atoms with van der Waals surface area (Å²) in [6, 6.07) is 6.15. The van der Waals surface area contributed by atoms with Gasteiger partial charge in [0.1, 0.15) is 10.0 Å². The molecule has 2 aromatic rings. The van der Waals surface area contributed by atoms with Crippen molar-refractivity contribution >= 4 is 42.8 Å². The minimum absolute atomic E-state index is 0.0649. The molecular weight excluding hydrogens is 375 g/mol. The summed E-state index contributed by atoms with van der Waals surface area (Å²) in [6.07, 6.45) is 2.41. The first kappa shape index (κ1) is 17.2. The molecule has 1 fully saturated rings. The smallest absolute Gasteiger partial charge is 0.271 e. The van der Waals surface area contributed by atoms with Crippen molar-refractivity contribution in [3.63, 3.8) is 0 Å². The van der Waals surface area contributed by atoms with Gasteiger partial charge in [0.2, 0.25) is 10.0 Å². The quantitative estimate of drug-likeness (QED) is 0.822. The molecule has 1 aromatic carbocycles. The molecular formula is C14H15FN2O4S3. The zero-order valence-corrected chi connectivity index (χ0v) is 15.1. The fourth-order valence-corrected chi connectivity index (χ4v) is 5.68. The molecule has 0 bridgehead atoms. The minimum Gasteiger partial charge on any atom is -0.277 e. The largest absolute Gasteiger partial charge is 0.277 e. The predicted molar refractivity (Wildman–Crippen MR) is 91.9 cm³/mol. The first-order valence-electron chi connectivity index (χ1n) is 7.04. The summed E-state index contributed by atoms with van der Waals surface area (Å²) < 4.78 is 66.1. The Balaban J connectivity index is 2.06. The molecule has 1 N–H and O–H groups in total. The van der Waals surface area contributed by atoms with E-state index in [4.69, 9.17) is 0 Å². The number of halogens is 1. The Bertz CT molecular complexity index is 952. The molecule has 0 spiro atoms. The van der Waals surface area contributed by atoms with E-state index in [-0.39, 0.29) is 21.6 Å². The number of hydrogen-bond acceptors (Lipinski definition) is 5. The van der Waals surface area contributed by atoms with Crippen molar-refractivity contribution in [3.05, 3.63) is 41.5 Å². The molecule has 10 heteroatoms.